The number of aromatic amines is 1. The first-order chi connectivity index (χ1) is 12.6. The van der Waals surface area contributed by atoms with Crippen LogP contribution >= 0.6 is 0 Å². The number of rotatable bonds is 4. The van der Waals surface area contributed by atoms with Gasteiger partial charge in [0.1, 0.15) is 22.7 Å². The Hall–Kier alpha value is -3.42. The second kappa shape index (κ2) is 6.14. The van der Waals surface area contributed by atoms with Crippen molar-refractivity contribution in [1.82, 2.24) is 30.0 Å². The minimum absolute atomic E-state index is 0.155. The van der Waals surface area contributed by atoms with Crippen molar-refractivity contribution in [2.24, 2.45) is 7.05 Å². The van der Waals surface area contributed by atoms with Crippen molar-refractivity contribution in [1.29, 1.82) is 0 Å². The van der Waals surface area contributed by atoms with Gasteiger partial charge in [0, 0.05) is 25.2 Å². The molecule has 0 radical (unpaired) electrons. The quantitative estimate of drug-likeness (QED) is 0.523. The van der Waals surface area contributed by atoms with Gasteiger partial charge in [0.2, 0.25) is 0 Å². The van der Waals surface area contributed by atoms with Gasteiger partial charge in [0.25, 0.3) is 5.91 Å². The molecule has 0 unspecified atom stereocenters. The lowest BCUT2D eigenvalue weighted by molar-refractivity contribution is 0.0955. The molecule has 8 nitrogen and oxygen atoms in total. The van der Waals surface area contributed by atoms with E-state index in [9.17, 15) is 9.90 Å². The average Bonchev–Trinajstić information content (AvgIpc) is 3.20. The van der Waals surface area contributed by atoms with Gasteiger partial charge in [-0.25, -0.2) is 9.97 Å². The highest BCUT2D eigenvalue weighted by molar-refractivity contribution is 6.05. The van der Waals surface area contributed by atoms with Crippen molar-refractivity contribution in [3.05, 3.63) is 36.2 Å². The minimum atomic E-state index is -0.187. The first-order valence-corrected chi connectivity index (χ1v) is 8.37. The molecule has 0 spiro atoms. The lowest BCUT2D eigenvalue weighted by Gasteiger charge is -2.02. The molecule has 3 heterocycles. The van der Waals surface area contributed by atoms with Gasteiger partial charge in [-0.15, -0.1) is 0 Å². The fraction of sp³-hybridized carbons (Fsp3) is 0.222. The third kappa shape index (κ3) is 2.55. The fourth-order valence-electron chi connectivity index (χ4n) is 2.96. The summed E-state index contributed by atoms with van der Waals surface area (Å²) >= 11 is 0. The normalized spacial score (nSPS) is 11.3. The summed E-state index contributed by atoms with van der Waals surface area (Å²) in [4.78, 5) is 24.3. The summed E-state index contributed by atoms with van der Waals surface area (Å²) in [7, 11) is 1.83. The molecular weight excluding hydrogens is 332 g/mol. The van der Waals surface area contributed by atoms with E-state index < -0.39 is 0 Å². The number of nitrogens with one attached hydrogen (secondary N) is 2. The van der Waals surface area contributed by atoms with E-state index in [0.717, 1.165) is 17.3 Å². The number of aryl methyl sites for hydroxylation is 1. The first kappa shape index (κ1) is 16.1. The summed E-state index contributed by atoms with van der Waals surface area (Å²) in [5.41, 5.74) is 3.50. The van der Waals surface area contributed by atoms with E-state index in [2.05, 4.69) is 25.4 Å². The summed E-state index contributed by atoms with van der Waals surface area (Å²) in [6.07, 6.45) is 4.08. The Bertz CT molecular complexity index is 1130. The lowest BCUT2D eigenvalue weighted by Crippen LogP contribution is -2.23. The van der Waals surface area contributed by atoms with Crippen LogP contribution in [0.4, 0.5) is 0 Å². The number of hydrogen-bond acceptors (Lipinski definition) is 5. The number of H-pyrrole nitrogens is 1. The number of carbonyl (C=O) groups excluding carboxylic acids is 1. The molecule has 1 aromatic carbocycles. The molecule has 0 aliphatic carbocycles. The maximum atomic E-state index is 12.3. The molecule has 132 valence electrons. The predicted molar refractivity (Wildman–Crippen MR) is 97.9 cm³/mol. The second-order valence-electron chi connectivity index (χ2n) is 6.08. The zero-order valence-corrected chi connectivity index (χ0v) is 14.4. The Morgan fingerprint density at radius 1 is 1.38 bits per heavy atom. The van der Waals surface area contributed by atoms with E-state index >= 15 is 0 Å². The van der Waals surface area contributed by atoms with Crippen molar-refractivity contribution in [3.63, 3.8) is 0 Å². The van der Waals surface area contributed by atoms with Crippen LogP contribution in [-0.2, 0) is 7.05 Å². The monoisotopic (exact) mass is 350 g/mol. The molecule has 0 aliphatic heterocycles. The van der Waals surface area contributed by atoms with Crippen molar-refractivity contribution in [2.75, 3.05) is 6.54 Å². The van der Waals surface area contributed by atoms with Crippen molar-refractivity contribution < 1.29 is 9.90 Å². The van der Waals surface area contributed by atoms with Crippen molar-refractivity contribution >= 4 is 28.0 Å². The molecule has 3 aromatic heterocycles. The zero-order chi connectivity index (χ0) is 18.3. The van der Waals surface area contributed by atoms with E-state index in [1.165, 1.54) is 0 Å². The van der Waals surface area contributed by atoms with Gasteiger partial charge < -0.3 is 15.4 Å². The van der Waals surface area contributed by atoms with Crippen molar-refractivity contribution in [2.45, 2.75) is 13.3 Å². The molecule has 0 saturated carbocycles. The van der Waals surface area contributed by atoms with Crippen LogP contribution in [0.15, 0.2) is 30.6 Å². The Kier molecular flexibility index (Phi) is 3.80. The molecule has 8 heteroatoms. The molecule has 0 aliphatic rings. The number of amides is 1. The maximum Gasteiger partial charge on any atom is 0.255 e. The van der Waals surface area contributed by atoms with Gasteiger partial charge in [0.15, 0.2) is 5.65 Å². The molecule has 1 amide bonds. The molecule has 0 bridgehead atoms. The molecule has 4 rings (SSSR count). The smallest absolute Gasteiger partial charge is 0.255 e. The van der Waals surface area contributed by atoms with Gasteiger partial charge in [-0.1, -0.05) is 6.92 Å². The Morgan fingerprint density at radius 2 is 2.23 bits per heavy atom. The number of hydrogen-bond donors (Lipinski definition) is 3. The highest BCUT2D eigenvalue weighted by Gasteiger charge is 2.18. The Balaban J connectivity index is 1.85. The third-order valence-electron chi connectivity index (χ3n) is 4.24. The maximum absolute atomic E-state index is 12.3. The van der Waals surface area contributed by atoms with Crippen LogP contribution in [0.2, 0.25) is 0 Å². The van der Waals surface area contributed by atoms with E-state index in [-0.39, 0.29) is 11.7 Å². The minimum Gasteiger partial charge on any atom is -0.508 e. The zero-order valence-electron chi connectivity index (χ0n) is 14.4. The molecule has 26 heavy (non-hydrogen) atoms. The van der Waals surface area contributed by atoms with E-state index in [0.29, 0.717) is 34.7 Å². The number of fused-ring (bicyclic) bond motifs is 2. The van der Waals surface area contributed by atoms with Gasteiger partial charge in [-0.05, 0) is 24.6 Å². The Labute approximate surface area is 148 Å². The summed E-state index contributed by atoms with van der Waals surface area (Å²) in [5, 5.41) is 17.9. The second-order valence-corrected chi connectivity index (χ2v) is 6.08. The molecule has 0 atom stereocenters. The van der Waals surface area contributed by atoms with Gasteiger partial charge in [-0.3, -0.25) is 9.48 Å². The third-order valence-corrected chi connectivity index (χ3v) is 4.24. The first-order valence-electron chi connectivity index (χ1n) is 8.37. The number of carbonyl (C=O) groups is 1. The molecule has 4 aromatic rings. The largest absolute Gasteiger partial charge is 0.508 e. The average molecular weight is 350 g/mol. The van der Waals surface area contributed by atoms with E-state index in [1.807, 2.05) is 14.0 Å². The highest BCUT2D eigenvalue weighted by atomic mass is 16.3. The van der Waals surface area contributed by atoms with Crippen LogP contribution in [0.3, 0.4) is 0 Å². The number of aromatic nitrogens is 5. The Morgan fingerprint density at radius 3 is 3.04 bits per heavy atom. The molecular formula is C18H18N6O2. The lowest BCUT2D eigenvalue weighted by atomic mass is 10.1. The number of phenols is 1. The number of phenolic OH excluding ortho intramolecular Hbond substituents is 1. The molecule has 0 saturated heterocycles. The summed E-state index contributed by atoms with van der Waals surface area (Å²) in [6.45, 7) is 2.60. The van der Waals surface area contributed by atoms with Gasteiger partial charge >= 0.3 is 0 Å². The fourth-order valence-corrected chi connectivity index (χ4v) is 2.96. The summed E-state index contributed by atoms with van der Waals surface area (Å²) in [6, 6.07) is 5.06. The predicted octanol–water partition coefficient (Wildman–Crippen LogP) is 2.36. The van der Waals surface area contributed by atoms with Crippen LogP contribution < -0.4 is 5.32 Å². The van der Waals surface area contributed by atoms with Gasteiger partial charge in [0.05, 0.1) is 17.3 Å². The van der Waals surface area contributed by atoms with Crippen LogP contribution in [0.25, 0.3) is 33.5 Å². The van der Waals surface area contributed by atoms with Crippen LogP contribution in [0.1, 0.15) is 23.7 Å². The van der Waals surface area contributed by atoms with Crippen molar-refractivity contribution in [3.8, 4) is 17.1 Å². The molecule has 0 fully saturated rings. The summed E-state index contributed by atoms with van der Waals surface area (Å²) in [5.74, 6) is -0.0323. The molecule has 3 N–H and O–H groups in total. The van der Waals surface area contributed by atoms with Gasteiger partial charge in [-0.2, -0.15) is 5.10 Å². The topological polar surface area (TPSA) is 109 Å². The van der Waals surface area contributed by atoms with E-state index in [1.54, 1.807) is 35.3 Å². The van der Waals surface area contributed by atoms with E-state index in [4.69, 9.17) is 0 Å². The van der Waals surface area contributed by atoms with Crippen LogP contribution in [0, 0.1) is 0 Å². The highest BCUT2D eigenvalue weighted by Crippen LogP contribution is 2.29. The standard InChI is InChI=1S/C18H18N6O2/c1-3-6-19-18(26)12-8-20-17-16(12)22-13(9-21-17)15-11-7-10(25)4-5-14(11)24(2)23-15/h4-5,7-9,25H,3,6H2,1-2H3,(H,19,26)(H,20,21). The van der Waals surface area contributed by atoms with Crippen LogP contribution in [-0.4, -0.2) is 42.3 Å². The SMILES string of the molecule is CCCNC(=O)c1c[nH]c2ncc(-c3nn(C)c4ccc(O)cc34)nc12. The number of benzene rings is 1. The van der Waals surface area contributed by atoms with Crippen LogP contribution in [0.5, 0.6) is 5.75 Å². The number of nitrogens with zero attached hydrogens (tertiary/aromatic N) is 4. The summed E-state index contributed by atoms with van der Waals surface area (Å²) < 4.78 is 1.72. The number of aromatic hydroxyl groups is 1.